The maximum absolute atomic E-state index is 12.3. The Kier molecular flexibility index (Phi) is 5.14. The molecular formula is C17H17NO4. The summed E-state index contributed by atoms with van der Waals surface area (Å²) in [5.41, 5.74) is 6.13. The maximum Gasteiger partial charge on any atom is 0.343 e. The predicted octanol–water partition coefficient (Wildman–Crippen LogP) is 2.47. The third-order valence-electron chi connectivity index (χ3n) is 2.99. The summed E-state index contributed by atoms with van der Waals surface area (Å²) in [5.74, 6) is -0.976. The third kappa shape index (κ3) is 3.63. The zero-order valence-corrected chi connectivity index (χ0v) is 12.2. The first kappa shape index (κ1) is 15.6. The number of hydrogen-bond acceptors (Lipinski definition) is 4. The second-order valence-electron chi connectivity index (χ2n) is 4.53. The van der Waals surface area contributed by atoms with Crippen LogP contribution in [0.4, 0.5) is 0 Å². The standard InChI is InChI=1S/C17H17NO4/c1-2-21-14-11-7-6-10-13(14)17(20)22-15(16(18)19)12-8-4-3-5-9-12/h3-11,15H,2H2,1H3,(H2,18,19). The van der Waals surface area contributed by atoms with Gasteiger partial charge in [-0.2, -0.15) is 0 Å². The first-order valence-corrected chi connectivity index (χ1v) is 6.90. The Morgan fingerprint density at radius 1 is 1.05 bits per heavy atom. The minimum atomic E-state index is -1.14. The molecule has 0 aliphatic rings. The van der Waals surface area contributed by atoms with Crippen LogP contribution in [-0.2, 0) is 9.53 Å². The number of hydrogen-bond donors (Lipinski definition) is 1. The third-order valence-corrected chi connectivity index (χ3v) is 2.99. The molecule has 2 N–H and O–H groups in total. The van der Waals surface area contributed by atoms with Gasteiger partial charge in [0, 0.05) is 5.56 Å². The molecule has 1 atom stereocenters. The average Bonchev–Trinajstić information content (AvgIpc) is 2.54. The van der Waals surface area contributed by atoms with Crippen LogP contribution >= 0.6 is 0 Å². The monoisotopic (exact) mass is 299 g/mol. The molecule has 2 aromatic carbocycles. The lowest BCUT2D eigenvalue weighted by Gasteiger charge is -2.16. The number of ether oxygens (including phenoxy) is 2. The molecule has 0 spiro atoms. The van der Waals surface area contributed by atoms with Gasteiger partial charge in [0.05, 0.1) is 6.61 Å². The summed E-state index contributed by atoms with van der Waals surface area (Å²) in [7, 11) is 0. The summed E-state index contributed by atoms with van der Waals surface area (Å²) in [5, 5.41) is 0. The number of primary amides is 1. The minimum Gasteiger partial charge on any atom is -0.493 e. The molecule has 0 aromatic heterocycles. The second-order valence-corrected chi connectivity index (χ2v) is 4.53. The van der Waals surface area contributed by atoms with Crippen LogP contribution in [0.25, 0.3) is 0 Å². The fraction of sp³-hybridized carbons (Fsp3) is 0.176. The van der Waals surface area contributed by atoms with Gasteiger partial charge in [0.2, 0.25) is 6.10 Å². The van der Waals surface area contributed by atoms with Crippen molar-refractivity contribution in [3.63, 3.8) is 0 Å². The summed E-state index contributed by atoms with van der Waals surface area (Å²) in [6.07, 6.45) is -1.14. The molecule has 5 heteroatoms. The van der Waals surface area contributed by atoms with E-state index in [4.69, 9.17) is 15.2 Å². The second kappa shape index (κ2) is 7.26. The van der Waals surface area contributed by atoms with Crippen molar-refractivity contribution in [2.24, 2.45) is 5.73 Å². The van der Waals surface area contributed by atoms with E-state index >= 15 is 0 Å². The molecule has 1 unspecified atom stereocenters. The van der Waals surface area contributed by atoms with E-state index in [2.05, 4.69) is 0 Å². The highest BCUT2D eigenvalue weighted by Gasteiger charge is 2.24. The van der Waals surface area contributed by atoms with Crippen LogP contribution in [0.5, 0.6) is 5.75 Å². The van der Waals surface area contributed by atoms with Crippen molar-refractivity contribution < 1.29 is 19.1 Å². The maximum atomic E-state index is 12.3. The number of carbonyl (C=O) groups excluding carboxylic acids is 2. The Hall–Kier alpha value is -2.82. The Morgan fingerprint density at radius 3 is 2.32 bits per heavy atom. The molecule has 0 heterocycles. The molecule has 2 aromatic rings. The van der Waals surface area contributed by atoms with Crippen molar-refractivity contribution in [2.75, 3.05) is 6.61 Å². The summed E-state index contributed by atoms with van der Waals surface area (Å²) in [6.45, 7) is 2.24. The molecule has 1 amide bonds. The number of esters is 1. The molecular weight excluding hydrogens is 282 g/mol. The van der Waals surface area contributed by atoms with E-state index in [0.29, 0.717) is 17.9 Å². The number of nitrogens with two attached hydrogens (primary N) is 1. The Bertz CT molecular complexity index is 655. The van der Waals surface area contributed by atoms with Crippen molar-refractivity contribution in [1.29, 1.82) is 0 Å². The molecule has 0 fully saturated rings. The quantitative estimate of drug-likeness (QED) is 0.831. The van der Waals surface area contributed by atoms with E-state index in [1.807, 2.05) is 6.92 Å². The number of amides is 1. The lowest BCUT2D eigenvalue weighted by Crippen LogP contribution is -2.26. The molecule has 0 radical (unpaired) electrons. The number of rotatable bonds is 6. The van der Waals surface area contributed by atoms with Crippen molar-refractivity contribution in [1.82, 2.24) is 0 Å². The van der Waals surface area contributed by atoms with E-state index in [1.165, 1.54) is 0 Å². The van der Waals surface area contributed by atoms with Crippen LogP contribution in [-0.4, -0.2) is 18.5 Å². The van der Waals surface area contributed by atoms with Crippen LogP contribution < -0.4 is 10.5 Å². The van der Waals surface area contributed by atoms with E-state index in [1.54, 1.807) is 54.6 Å². The van der Waals surface area contributed by atoms with Gasteiger partial charge in [-0.25, -0.2) is 4.79 Å². The van der Waals surface area contributed by atoms with E-state index in [9.17, 15) is 9.59 Å². The lowest BCUT2D eigenvalue weighted by molar-refractivity contribution is -0.127. The summed E-state index contributed by atoms with van der Waals surface area (Å²) in [4.78, 5) is 23.9. The van der Waals surface area contributed by atoms with Crippen LogP contribution in [0.2, 0.25) is 0 Å². The molecule has 5 nitrogen and oxygen atoms in total. The smallest absolute Gasteiger partial charge is 0.343 e. The van der Waals surface area contributed by atoms with Gasteiger partial charge in [-0.05, 0) is 19.1 Å². The van der Waals surface area contributed by atoms with Crippen molar-refractivity contribution >= 4 is 11.9 Å². The molecule has 0 bridgehead atoms. The fourth-order valence-corrected chi connectivity index (χ4v) is 2.01. The Morgan fingerprint density at radius 2 is 1.68 bits per heavy atom. The summed E-state index contributed by atoms with van der Waals surface area (Å²) >= 11 is 0. The van der Waals surface area contributed by atoms with Crippen LogP contribution in [0.1, 0.15) is 28.9 Å². The van der Waals surface area contributed by atoms with Gasteiger partial charge in [0.1, 0.15) is 11.3 Å². The average molecular weight is 299 g/mol. The van der Waals surface area contributed by atoms with Gasteiger partial charge in [-0.3, -0.25) is 4.79 Å². The first-order chi connectivity index (χ1) is 10.6. The van der Waals surface area contributed by atoms with Crippen LogP contribution in [0.3, 0.4) is 0 Å². The number of carbonyl (C=O) groups is 2. The fourth-order valence-electron chi connectivity index (χ4n) is 2.01. The molecule has 0 aliphatic carbocycles. The number of para-hydroxylation sites is 1. The summed E-state index contributed by atoms with van der Waals surface area (Å²) < 4.78 is 10.7. The Labute approximate surface area is 128 Å². The van der Waals surface area contributed by atoms with E-state index in [0.717, 1.165) is 0 Å². The lowest BCUT2D eigenvalue weighted by atomic mass is 10.1. The highest BCUT2D eigenvalue weighted by Crippen LogP contribution is 2.23. The van der Waals surface area contributed by atoms with Gasteiger partial charge in [-0.1, -0.05) is 42.5 Å². The van der Waals surface area contributed by atoms with Crippen LogP contribution in [0, 0.1) is 0 Å². The normalized spacial score (nSPS) is 11.5. The SMILES string of the molecule is CCOc1ccccc1C(=O)OC(C(N)=O)c1ccccc1. The van der Waals surface area contributed by atoms with Crippen molar-refractivity contribution in [3.8, 4) is 5.75 Å². The van der Waals surface area contributed by atoms with Gasteiger partial charge >= 0.3 is 5.97 Å². The molecule has 114 valence electrons. The molecule has 0 saturated carbocycles. The largest absolute Gasteiger partial charge is 0.493 e. The molecule has 22 heavy (non-hydrogen) atoms. The van der Waals surface area contributed by atoms with Gasteiger partial charge < -0.3 is 15.2 Å². The number of benzene rings is 2. The van der Waals surface area contributed by atoms with Gasteiger partial charge in [0.25, 0.3) is 5.91 Å². The minimum absolute atomic E-state index is 0.256. The zero-order valence-electron chi connectivity index (χ0n) is 12.2. The van der Waals surface area contributed by atoms with E-state index < -0.39 is 18.0 Å². The van der Waals surface area contributed by atoms with Crippen molar-refractivity contribution in [2.45, 2.75) is 13.0 Å². The topological polar surface area (TPSA) is 78.6 Å². The predicted molar refractivity (Wildman–Crippen MR) is 81.4 cm³/mol. The van der Waals surface area contributed by atoms with E-state index in [-0.39, 0.29) is 5.56 Å². The molecule has 2 rings (SSSR count). The first-order valence-electron chi connectivity index (χ1n) is 6.90. The molecule has 0 aliphatic heterocycles. The zero-order chi connectivity index (χ0) is 15.9. The van der Waals surface area contributed by atoms with Gasteiger partial charge in [0.15, 0.2) is 0 Å². The highest BCUT2D eigenvalue weighted by atomic mass is 16.5. The summed E-state index contributed by atoms with van der Waals surface area (Å²) in [6, 6.07) is 15.3. The van der Waals surface area contributed by atoms with Crippen LogP contribution in [0.15, 0.2) is 54.6 Å². The van der Waals surface area contributed by atoms with Gasteiger partial charge in [-0.15, -0.1) is 0 Å². The Balaban J connectivity index is 2.24. The highest BCUT2D eigenvalue weighted by molar-refractivity contribution is 5.94. The molecule has 0 saturated heterocycles. The van der Waals surface area contributed by atoms with Crippen molar-refractivity contribution in [3.05, 3.63) is 65.7 Å².